The van der Waals surface area contributed by atoms with Crippen molar-refractivity contribution in [2.75, 3.05) is 0 Å². The molecular formula is C40H44Si. The molecule has 0 saturated carbocycles. The van der Waals surface area contributed by atoms with Crippen molar-refractivity contribution in [1.29, 1.82) is 0 Å². The number of hydrogen-bond acceptors (Lipinski definition) is 0. The van der Waals surface area contributed by atoms with Crippen molar-refractivity contribution < 1.29 is 0 Å². The molecule has 4 aromatic rings. The smallest absolute Gasteiger partial charge is 0.0630 e. The first kappa shape index (κ1) is 27.7. The summed E-state index contributed by atoms with van der Waals surface area (Å²) in [6, 6.07) is 32.4. The van der Waals surface area contributed by atoms with Crippen LogP contribution in [0.5, 0.6) is 0 Å². The van der Waals surface area contributed by atoms with E-state index in [2.05, 4.69) is 140 Å². The minimum atomic E-state index is -2.18. The average molecular weight is 553 g/mol. The molecule has 0 atom stereocenters. The molecule has 208 valence electrons. The Hall–Kier alpha value is -3.42. The summed E-state index contributed by atoms with van der Waals surface area (Å²) in [6.07, 6.45) is 2.16. The van der Waals surface area contributed by atoms with Gasteiger partial charge in [-0.05, 0) is 93.4 Å². The first-order valence-corrected chi connectivity index (χ1v) is 18.4. The summed E-state index contributed by atoms with van der Waals surface area (Å²) in [4.78, 5) is 0. The van der Waals surface area contributed by atoms with Gasteiger partial charge in [-0.25, -0.2) is 0 Å². The van der Waals surface area contributed by atoms with E-state index in [0.29, 0.717) is 11.8 Å². The van der Waals surface area contributed by atoms with Crippen LogP contribution in [0.3, 0.4) is 0 Å². The molecule has 0 amide bonds. The lowest BCUT2D eigenvalue weighted by molar-refractivity contribution is 0.752. The molecule has 0 unspecified atom stereocenters. The minimum absolute atomic E-state index is 0.520. The van der Waals surface area contributed by atoms with Gasteiger partial charge in [0.2, 0.25) is 0 Å². The van der Waals surface area contributed by atoms with Crippen molar-refractivity contribution in [3.63, 3.8) is 0 Å². The molecule has 0 fully saturated rings. The number of hydrogen-bond donors (Lipinski definition) is 0. The van der Waals surface area contributed by atoms with Gasteiger partial charge in [0.05, 0.1) is 0 Å². The van der Waals surface area contributed by atoms with Gasteiger partial charge in [-0.2, -0.15) is 0 Å². The summed E-state index contributed by atoms with van der Waals surface area (Å²) >= 11 is 0. The molecule has 41 heavy (non-hydrogen) atoms. The van der Waals surface area contributed by atoms with E-state index < -0.39 is 8.07 Å². The largest absolute Gasteiger partial charge is 0.113 e. The molecule has 0 N–H and O–H groups in total. The Labute approximate surface area is 248 Å². The van der Waals surface area contributed by atoms with Gasteiger partial charge in [0.1, 0.15) is 8.07 Å². The second-order valence-corrected chi connectivity index (χ2v) is 17.7. The molecule has 2 aliphatic carbocycles. The van der Waals surface area contributed by atoms with Crippen molar-refractivity contribution >= 4 is 18.5 Å². The van der Waals surface area contributed by atoms with Gasteiger partial charge in [0, 0.05) is 0 Å². The van der Waals surface area contributed by atoms with Crippen LogP contribution in [-0.4, -0.2) is 8.07 Å². The van der Waals surface area contributed by atoms with Gasteiger partial charge in [0.15, 0.2) is 0 Å². The predicted molar refractivity (Wildman–Crippen MR) is 182 cm³/mol. The molecule has 0 radical (unpaired) electrons. The summed E-state index contributed by atoms with van der Waals surface area (Å²) in [7, 11) is -2.18. The van der Waals surface area contributed by atoms with E-state index in [4.69, 9.17) is 0 Å². The Morgan fingerprint density at radius 2 is 0.878 bits per heavy atom. The van der Waals surface area contributed by atoms with E-state index in [1.807, 2.05) is 0 Å². The van der Waals surface area contributed by atoms with Crippen LogP contribution in [0.4, 0.5) is 0 Å². The molecule has 6 rings (SSSR count). The normalized spacial score (nSPS) is 14.9. The van der Waals surface area contributed by atoms with Gasteiger partial charge in [-0.1, -0.05) is 148 Å². The summed E-state index contributed by atoms with van der Waals surface area (Å²) < 4.78 is 0. The van der Waals surface area contributed by atoms with Crippen molar-refractivity contribution in [2.24, 2.45) is 11.8 Å². The molecule has 0 bridgehead atoms. The highest BCUT2D eigenvalue weighted by Crippen LogP contribution is 2.54. The van der Waals surface area contributed by atoms with E-state index in [1.54, 1.807) is 21.5 Å². The maximum absolute atomic E-state index is 2.66. The predicted octanol–water partition coefficient (Wildman–Crippen LogP) is 11.1. The highest BCUT2D eigenvalue weighted by atomic mass is 28.3. The van der Waals surface area contributed by atoms with Crippen molar-refractivity contribution in [3.05, 3.63) is 129 Å². The van der Waals surface area contributed by atoms with Crippen LogP contribution in [0.15, 0.2) is 96.1 Å². The van der Waals surface area contributed by atoms with Crippen LogP contribution in [-0.2, 0) is 12.8 Å². The fourth-order valence-corrected chi connectivity index (χ4v) is 11.9. The van der Waals surface area contributed by atoms with E-state index in [1.165, 1.54) is 55.6 Å². The molecule has 0 spiro atoms. The number of benzene rings is 4. The third-order valence-corrected chi connectivity index (χ3v) is 13.2. The van der Waals surface area contributed by atoms with E-state index >= 15 is 0 Å². The zero-order chi connectivity index (χ0) is 29.1. The van der Waals surface area contributed by atoms with Crippen molar-refractivity contribution in [3.8, 4) is 22.3 Å². The lowest BCUT2D eigenvalue weighted by atomic mass is 9.96. The summed E-state index contributed by atoms with van der Waals surface area (Å²) in [5.74, 6) is 1.04. The fourth-order valence-electron chi connectivity index (χ4n) is 7.48. The van der Waals surface area contributed by atoms with Crippen LogP contribution in [0.25, 0.3) is 32.6 Å². The molecule has 0 saturated heterocycles. The van der Waals surface area contributed by atoms with E-state index in [9.17, 15) is 0 Å². The van der Waals surface area contributed by atoms with Crippen LogP contribution in [0.2, 0.25) is 13.1 Å². The molecule has 1 heteroatoms. The fraction of sp³-hybridized carbons (Fsp3) is 0.300. The molecule has 4 aromatic carbocycles. The third-order valence-electron chi connectivity index (χ3n) is 9.57. The molecule has 2 aliphatic rings. The Morgan fingerprint density at radius 3 is 1.22 bits per heavy atom. The zero-order valence-corrected chi connectivity index (χ0v) is 27.2. The SMILES string of the molecule is Cc1ccc(-c2cccc3c2C([Si](C)(C)C2=C(C(C)C)Cc4cccc(-c5ccc(C)cc5)c42)=C(C(C)C)C3)cc1. The Balaban J connectivity index is 1.62. The van der Waals surface area contributed by atoms with Crippen molar-refractivity contribution in [2.45, 2.75) is 67.5 Å². The van der Waals surface area contributed by atoms with Gasteiger partial charge in [0.25, 0.3) is 0 Å². The third kappa shape index (κ3) is 4.69. The maximum atomic E-state index is 2.66. The van der Waals surface area contributed by atoms with Gasteiger partial charge >= 0.3 is 0 Å². The number of allylic oxidation sites excluding steroid dienone is 2. The quantitative estimate of drug-likeness (QED) is 0.209. The highest BCUT2D eigenvalue weighted by Gasteiger charge is 2.44. The molecule has 0 aliphatic heterocycles. The summed E-state index contributed by atoms with van der Waals surface area (Å²) in [5.41, 5.74) is 17.5. The average Bonchev–Trinajstić information content (AvgIpc) is 3.55. The zero-order valence-electron chi connectivity index (χ0n) is 26.2. The number of rotatable bonds is 6. The minimum Gasteiger partial charge on any atom is -0.0630 e. The molecule has 0 aromatic heterocycles. The second kappa shape index (κ2) is 10.4. The first-order chi connectivity index (χ1) is 19.6. The molecule has 0 nitrogen and oxygen atoms in total. The molecule has 0 heterocycles. The van der Waals surface area contributed by atoms with E-state index in [0.717, 1.165) is 12.8 Å². The Morgan fingerprint density at radius 1 is 0.512 bits per heavy atom. The number of fused-ring (bicyclic) bond motifs is 2. The van der Waals surface area contributed by atoms with Crippen LogP contribution >= 0.6 is 0 Å². The molecular weight excluding hydrogens is 509 g/mol. The Kier molecular flexibility index (Phi) is 7.06. The lowest BCUT2D eigenvalue weighted by Gasteiger charge is -2.34. The standard InChI is InChI=1S/C40H44Si/c1-25(2)35-23-31-11-9-13-33(29-19-15-27(5)16-20-29)37(31)39(35)41(7,8)40-36(26(3)4)24-32-12-10-14-34(38(32)40)30-21-17-28(6)18-22-30/h9-22,25-26H,23-24H2,1-8H3. The highest BCUT2D eigenvalue weighted by molar-refractivity contribution is 7.09. The maximum Gasteiger partial charge on any atom is 0.113 e. The van der Waals surface area contributed by atoms with Crippen LogP contribution in [0, 0.1) is 25.7 Å². The summed E-state index contributed by atoms with van der Waals surface area (Å²) in [5, 5.41) is 3.39. The second-order valence-electron chi connectivity index (χ2n) is 13.5. The monoisotopic (exact) mass is 552 g/mol. The van der Waals surface area contributed by atoms with Gasteiger partial charge in [-0.15, -0.1) is 0 Å². The number of aryl methyl sites for hydroxylation is 2. The van der Waals surface area contributed by atoms with Crippen molar-refractivity contribution in [1.82, 2.24) is 0 Å². The van der Waals surface area contributed by atoms with Gasteiger partial charge in [-0.3, -0.25) is 0 Å². The van der Waals surface area contributed by atoms with Crippen LogP contribution < -0.4 is 0 Å². The van der Waals surface area contributed by atoms with Crippen LogP contribution in [0.1, 0.15) is 61.1 Å². The van der Waals surface area contributed by atoms with E-state index in [-0.39, 0.29) is 0 Å². The summed E-state index contributed by atoms with van der Waals surface area (Å²) in [6.45, 7) is 19.3. The first-order valence-electron chi connectivity index (χ1n) is 15.4. The Bertz CT molecular complexity index is 1560. The van der Waals surface area contributed by atoms with Gasteiger partial charge < -0.3 is 0 Å². The topological polar surface area (TPSA) is 0 Å². The lowest BCUT2D eigenvalue weighted by Crippen LogP contribution is -2.33.